The van der Waals surface area contributed by atoms with Crippen molar-refractivity contribution in [2.75, 3.05) is 0 Å². The van der Waals surface area contributed by atoms with Gasteiger partial charge in [-0.25, -0.2) is 0 Å². The molecule has 4 aliphatic carbocycles. The summed E-state index contributed by atoms with van der Waals surface area (Å²) in [4.78, 5) is 6.41. The molecule has 0 aromatic carbocycles. The van der Waals surface area contributed by atoms with Crippen LogP contribution in [0.5, 0.6) is 0 Å². The van der Waals surface area contributed by atoms with E-state index in [0.717, 1.165) is 55.3 Å². The molecule has 6 heteroatoms. The van der Waals surface area contributed by atoms with Crippen LogP contribution in [0.3, 0.4) is 0 Å². The number of hydrogen-bond donors (Lipinski definition) is 0. The summed E-state index contributed by atoms with van der Waals surface area (Å²) in [7, 11) is 0. The fourth-order valence-corrected chi connectivity index (χ4v) is 9.67. The van der Waals surface area contributed by atoms with E-state index in [2.05, 4.69) is 54.7 Å². The highest BCUT2D eigenvalue weighted by Crippen LogP contribution is 2.68. The van der Waals surface area contributed by atoms with Crippen LogP contribution in [-0.4, -0.2) is 12.1 Å². The molecule has 10 atom stereocenters. The SMILES string of the molecule is CC(C)CCC[C@@H](C)[C@H]1CC[C@H]2[C@@H]3C[C@@H](N=[N+]=[N-])[C@H]4C[C@H](N=[N+]=[N-])CC[C@]4(C)[C@H]3CC[C@]12C. The molecule has 0 unspecified atom stereocenters. The second-order valence-electron chi connectivity index (χ2n) is 13.2. The highest BCUT2D eigenvalue weighted by atomic mass is 15.2. The van der Waals surface area contributed by atoms with E-state index in [4.69, 9.17) is 5.53 Å². The highest BCUT2D eigenvalue weighted by Gasteiger charge is 2.62. The van der Waals surface area contributed by atoms with Crippen molar-refractivity contribution in [1.29, 1.82) is 0 Å². The van der Waals surface area contributed by atoms with Crippen molar-refractivity contribution in [3.8, 4) is 0 Å². The summed E-state index contributed by atoms with van der Waals surface area (Å²) in [5, 5.41) is 8.47. The van der Waals surface area contributed by atoms with Gasteiger partial charge in [0.15, 0.2) is 0 Å². The van der Waals surface area contributed by atoms with Crippen LogP contribution in [0, 0.1) is 52.3 Å². The summed E-state index contributed by atoms with van der Waals surface area (Å²) >= 11 is 0. The lowest BCUT2D eigenvalue weighted by molar-refractivity contribution is -0.123. The Morgan fingerprint density at radius 3 is 2.21 bits per heavy atom. The third-order valence-electron chi connectivity index (χ3n) is 11.3. The predicted molar refractivity (Wildman–Crippen MR) is 134 cm³/mol. The molecule has 4 rings (SSSR count). The number of rotatable bonds is 7. The van der Waals surface area contributed by atoms with Crippen molar-refractivity contribution in [1.82, 2.24) is 0 Å². The van der Waals surface area contributed by atoms with Gasteiger partial charge >= 0.3 is 0 Å². The zero-order valence-corrected chi connectivity index (χ0v) is 21.7. The van der Waals surface area contributed by atoms with Crippen molar-refractivity contribution in [3.05, 3.63) is 20.9 Å². The van der Waals surface area contributed by atoms with E-state index in [1.807, 2.05) is 0 Å². The molecule has 0 aromatic heterocycles. The van der Waals surface area contributed by atoms with E-state index in [0.29, 0.717) is 17.3 Å². The molecule has 6 nitrogen and oxygen atoms in total. The van der Waals surface area contributed by atoms with Crippen molar-refractivity contribution in [2.24, 2.45) is 62.5 Å². The van der Waals surface area contributed by atoms with Gasteiger partial charge in [0, 0.05) is 21.9 Å². The Kier molecular flexibility index (Phi) is 7.27. The fourth-order valence-electron chi connectivity index (χ4n) is 9.67. The van der Waals surface area contributed by atoms with Crippen LogP contribution in [0.1, 0.15) is 105 Å². The van der Waals surface area contributed by atoms with Crippen LogP contribution in [0.15, 0.2) is 10.2 Å². The summed E-state index contributed by atoms with van der Waals surface area (Å²) in [5.74, 6) is 5.02. The fraction of sp³-hybridized carbons (Fsp3) is 1.00. The molecule has 0 aliphatic heterocycles. The molecular weight excluding hydrogens is 408 g/mol. The molecule has 4 fully saturated rings. The first kappa shape index (κ1) is 24.7. The lowest BCUT2D eigenvalue weighted by Gasteiger charge is -2.62. The average Bonchev–Trinajstić information content (AvgIpc) is 3.12. The molecule has 0 radical (unpaired) electrons. The van der Waals surface area contributed by atoms with Gasteiger partial charge in [0.1, 0.15) is 0 Å². The van der Waals surface area contributed by atoms with E-state index < -0.39 is 0 Å². The molecule has 0 bridgehead atoms. The lowest BCUT2D eigenvalue weighted by atomic mass is 9.43. The normalized spacial score (nSPS) is 45.2. The Morgan fingerprint density at radius 1 is 0.818 bits per heavy atom. The van der Waals surface area contributed by atoms with E-state index in [-0.39, 0.29) is 17.5 Å². The van der Waals surface area contributed by atoms with Crippen molar-refractivity contribution in [3.63, 3.8) is 0 Å². The van der Waals surface area contributed by atoms with Gasteiger partial charge in [0.2, 0.25) is 0 Å². The van der Waals surface area contributed by atoms with Crippen LogP contribution in [-0.2, 0) is 0 Å². The summed E-state index contributed by atoms with van der Waals surface area (Å²) in [6.45, 7) is 12.3. The largest absolute Gasteiger partial charge is 0.0906 e. The quantitative estimate of drug-likeness (QED) is 0.208. The molecule has 33 heavy (non-hydrogen) atoms. The molecule has 0 spiro atoms. The minimum absolute atomic E-state index is 0.0582. The van der Waals surface area contributed by atoms with Gasteiger partial charge in [-0.3, -0.25) is 0 Å². The Morgan fingerprint density at radius 2 is 1.52 bits per heavy atom. The summed E-state index contributed by atoms with van der Waals surface area (Å²) in [5.41, 5.74) is 19.1. The third-order valence-corrected chi connectivity index (χ3v) is 11.3. The zero-order chi connectivity index (χ0) is 23.8. The van der Waals surface area contributed by atoms with Gasteiger partial charge in [-0.05, 0) is 115 Å². The summed E-state index contributed by atoms with van der Waals surface area (Å²) in [6.07, 6.45) is 13.6. The molecule has 4 aliphatic rings. The molecule has 0 saturated heterocycles. The summed E-state index contributed by atoms with van der Waals surface area (Å²) in [6, 6.07) is 0.125. The highest BCUT2D eigenvalue weighted by molar-refractivity contribution is 5.13. The third kappa shape index (κ3) is 4.39. The Labute approximate surface area is 200 Å². The summed E-state index contributed by atoms with van der Waals surface area (Å²) < 4.78 is 0. The van der Waals surface area contributed by atoms with Gasteiger partial charge in [-0.15, -0.1) is 0 Å². The van der Waals surface area contributed by atoms with Gasteiger partial charge in [0.25, 0.3) is 0 Å². The Balaban J connectivity index is 1.55. The maximum Gasteiger partial charge on any atom is 0.0410 e. The number of fused-ring (bicyclic) bond motifs is 5. The van der Waals surface area contributed by atoms with Crippen LogP contribution < -0.4 is 0 Å². The first-order valence-electron chi connectivity index (χ1n) is 13.8. The topological polar surface area (TPSA) is 97.5 Å². The molecule has 0 amide bonds. The molecule has 0 heterocycles. The number of azide groups is 2. The standard InChI is InChI=1S/C27H46N6/c1-17(2)7-6-8-18(3)21-9-10-22-20-16-25(31-33-29)24-15-19(30-32-28)11-13-27(24,5)23(20)12-14-26(21,22)4/h17-25H,6-16H2,1-5H3/t18-,19-,20+,21-,22+,23+,24-,25-,26-,27-/m1/s1. The molecule has 184 valence electrons. The van der Waals surface area contributed by atoms with E-state index in [1.165, 1.54) is 44.9 Å². The Bertz CT molecular complexity index is 798. The number of nitrogens with zero attached hydrogens (tertiary/aromatic N) is 6. The second kappa shape index (κ2) is 9.70. The Hall–Kier alpha value is -1.38. The van der Waals surface area contributed by atoms with Gasteiger partial charge < -0.3 is 0 Å². The monoisotopic (exact) mass is 454 g/mol. The maximum absolute atomic E-state index is 9.41. The molecular formula is C27H46N6. The van der Waals surface area contributed by atoms with Crippen molar-refractivity contribution >= 4 is 0 Å². The van der Waals surface area contributed by atoms with Crippen molar-refractivity contribution in [2.45, 2.75) is 117 Å². The van der Waals surface area contributed by atoms with Crippen LogP contribution in [0.4, 0.5) is 0 Å². The van der Waals surface area contributed by atoms with E-state index in [1.54, 1.807) is 0 Å². The minimum atomic E-state index is 0.0582. The lowest BCUT2D eigenvalue weighted by Crippen LogP contribution is -2.57. The number of hydrogen-bond acceptors (Lipinski definition) is 2. The van der Waals surface area contributed by atoms with Gasteiger partial charge in [-0.2, -0.15) is 0 Å². The van der Waals surface area contributed by atoms with Gasteiger partial charge in [0.05, 0.1) is 0 Å². The zero-order valence-electron chi connectivity index (χ0n) is 21.7. The molecule has 0 aromatic rings. The minimum Gasteiger partial charge on any atom is -0.0906 e. The van der Waals surface area contributed by atoms with Crippen LogP contribution >= 0.6 is 0 Å². The maximum atomic E-state index is 9.41. The van der Waals surface area contributed by atoms with Gasteiger partial charge in [-0.1, -0.05) is 64.1 Å². The predicted octanol–water partition coefficient (Wildman–Crippen LogP) is 9.08. The smallest absolute Gasteiger partial charge is 0.0410 e. The van der Waals surface area contributed by atoms with Crippen LogP contribution in [0.25, 0.3) is 20.9 Å². The first-order valence-corrected chi connectivity index (χ1v) is 13.8. The van der Waals surface area contributed by atoms with E-state index >= 15 is 0 Å². The molecule has 0 N–H and O–H groups in total. The first-order chi connectivity index (χ1) is 15.7. The molecule has 4 saturated carbocycles. The average molecular weight is 455 g/mol. The second-order valence-corrected chi connectivity index (χ2v) is 13.2. The van der Waals surface area contributed by atoms with E-state index in [9.17, 15) is 5.53 Å². The van der Waals surface area contributed by atoms with Crippen LogP contribution in [0.2, 0.25) is 0 Å². The van der Waals surface area contributed by atoms with Crippen molar-refractivity contribution < 1.29 is 0 Å².